The lowest BCUT2D eigenvalue weighted by Crippen LogP contribution is -2.27. The van der Waals surface area contributed by atoms with Crippen molar-refractivity contribution in [3.8, 4) is 0 Å². The fourth-order valence-electron chi connectivity index (χ4n) is 2.20. The van der Waals surface area contributed by atoms with E-state index in [1.165, 1.54) is 27.6 Å². The summed E-state index contributed by atoms with van der Waals surface area (Å²) in [4.78, 5) is 3.38. The molecule has 1 aromatic heterocycles. The van der Waals surface area contributed by atoms with Crippen LogP contribution in [0, 0.1) is 13.8 Å². The highest BCUT2D eigenvalue weighted by molar-refractivity contribution is 5.89. The van der Waals surface area contributed by atoms with Gasteiger partial charge in [0.05, 0.1) is 0 Å². The molecule has 0 bridgehead atoms. The molecule has 3 N–H and O–H groups in total. The van der Waals surface area contributed by atoms with E-state index in [0.717, 1.165) is 0 Å². The second-order valence-corrected chi connectivity index (χ2v) is 5.24. The van der Waals surface area contributed by atoms with Gasteiger partial charge in [-0.05, 0) is 30.5 Å². The Balaban J connectivity index is 2.79. The molecule has 0 radical (unpaired) electrons. The Morgan fingerprint density at radius 3 is 2.44 bits per heavy atom. The van der Waals surface area contributed by atoms with Crippen molar-refractivity contribution in [1.82, 2.24) is 4.98 Å². The lowest BCUT2D eigenvalue weighted by molar-refractivity contribution is 0.543. The number of nitrogens with one attached hydrogen (secondary N) is 1. The van der Waals surface area contributed by atoms with Crippen molar-refractivity contribution in [2.45, 2.75) is 33.1 Å². The Morgan fingerprint density at radius 1 is 1.19 bits per heavy atom. The zero-order valence-electron chi connectivity index (χ0n) is 10.5. The molecular weight excluding hydrogens is 196 g/mol. The van der Waals surface area contributed by atoms with Gasteiger partial charge in [0.1, 0.15) is 0 Å². The fourth-order valence-corrected chi connectivity index (χ4v) is 2.20. The van der Waals surface area contributed by atoms with E-state index in [9.17, 15) is 0 Å². The summed E-state index contributed by atoms with van der Waals surface area (Å²) in [5, 5.41) is 1.34. The molecule has 86 valence electrons. The second kappa shape index (κ2) is 3.63. The molecule has 0 spiro atoms. The third-order valence-electron chi connectivity index (χ3n) is 3.49. The average molecular weight is 216 g/mol. The van der Waals surface area contributed by atoms with Gasteiger partial charge in [-0.15, -0.1) is 0 Å². The first-order valence-corrected chi connectivity index (χ1v) is 5.75. The van der Waals surface area contributed by atoms with Crippen molar-refractivity contribution in [2.24, 2.45) is 5.73 Å². The third kappa shape index (κ3) is 1.54. The average Bonchev–Trinajstić information content (AvgIpc) is 2.70. The molecule has 1 heterocycles. The maximum Gasteiger partial charge on any atom is 0.0489 e. The van der Waals surface area contributed by atoms with Crippen molar-refractivity contribution < 1.29 is 0 Å². The smallest absolute Gasteiger partial charge is 0.0489 e. The molecule has 2 rings (SSSR count). The number of aromatic amines is 1. The Hall–Kier alpha value is -1.28. The van der Waals surface area contributed by atoms with Crippen LogP contribution in [0.5, 0.6) is 0 Å². The summed E-state index contributed by atoms with van der Waals surface area (Å²) >= 11 is 0. The number of benzene rings is 1. The van der Waals surface area contributed by atoms with Gasteiger partial charge < -0.3 is 10.7 Å². The van der Waals surface area contributed by atoms with Crippen molar-refractivity contribution in [1.29, 1.82) is 0 Å². The molecule has 0 saturated carbocycles. The molecule has 0 aliphatic rings. The van der Waals surface area contributed by atoms with Gasteiger partial charge in [-0.2, -0.15) is 0 Å². The Labute approximate surface area is 96.9 Å². The molecule has 2 heteroatoms. The van der Waals surface area contributed by atoms with E-state index in [1.54, 1.807) is 0 Å². The number of hydrogen-bond acceptors (Lipinski definition) is 1. The number of aromatic nitrogens is 1. The number of H-pyrrole nitrogens is 1. The van der Waals surface area contributed by atoms with E-state index in [4.69, 9.17) is 5.73 Å². The van der Waals surface area contributed by atoms with Crippen LogP contribution in [0.3, 0.4) is 0 Å². The van der Waals surface area contributed by atoms with E-state index in [0.29, 0.717) is 6.54 Å². The predicted molar refractivity (Wildman–Crippen MR) is 69.9 cm³/mol. The summed E-state index contributed by atoms with van der Waals surface area (Å²) in [6, 6.07) is 4.34. The number of aryl methyl sites for hydroxylation is 2. The predicted octanol–water partition coefficient (Wildman–Crippen LogP) is 3.02. The minimum atomic E-state index is 0.0246. The van der Waals surface area contributed by atoms with Crippen LogP contribution in [-0.4, -0.2) is 11.5 Å². The highest BCUT2D eigenvalue weighted by atomic mass is 14.7. The number of nitrogens with two attached hydrogens (primary N) is 1. The molecular formula is C14H20N2. The summed E-state index contributed by atoms with van der Waals surface area (Å²) in [6.07, 6.45) is 2.11. The molecule has 0 aliphatic carbocycles. The summed E-state index contributed by atoms with van der Waals surface area (Å²) in [7, 11) is 0. The first kappa shape index (κ1) is 11.2. The van der Waals surface area contributed by atoms with Crippen LogP contribution in [0.1, 0.15) is 30.5 Å². The molecule has 0 atom stereocenters. The van der Waals surface area contributed by atoms with E-state index >= 15 is 0 Å². The minimum Gasteiger partial charge on any atom is -0.361 e. The lowest BCUT2D eigenvalue weighted by Gasteiger charge is -2.22. The van der Waals surface area contributed by atoms with Gasteiger partial charge >= 0.3 is 0 Å². The summed E-state index contributed by atoms with van der Waals surface area (Å²) in [5.41, 5.74) is 11.1. The van der Waals surface area contributed by atoms with Gasteiger partial charge in [0, 0.05) is 29.1 Å². The fraction of sp³-hybridized carbons (Fsp3) is 0.429. The van der Waals surface area contributed by atoms with Crippen LogP contribution in [0.15, 0.2) is 18.3 Å². The van der Waals surface area contributed by atoms with Crippen LogP contribution < -0.4 is 5.73 Å². The summed E-state index contributed by atoms with van der Waals surface area (Å²) in [6.45, 7) is 9.34. The maximum absolute atomic E-state index is 5.86. The van der Waals surface area contributed by atoms with Gasteiger partial charge in [0.15, 0.2) is 0 Å². The largest absolute Gasteiger partial charge is 0.361 e. The Bertz CT molecular complexity index is 521. The molecule has 0 fully saturated rings. The highest BCUT2D eigenvalue weighted by Gasteiger charge is 2.23. The molecule has 2 aromatic rings. The van der Waals surface area contributed by atoms with Gasteiger partial charge in [0.2, 0.25) is 0 Å². The van der Waals surface area contributed by atoms with Gasteiger partial charge in [-0.3, -0.25) is 0 Å². The van der Waals surface area contributed by atoms with E-state index in [2.05, 4.69) is 51.0 Å². The van der Waals surface area contributed by atoms with Crippen molar-refractivity contribution in [3.05, 3.63) is 35.0 Å². The zero-order valence-corrected chi connectivity index (χ0v) is 10.5. The Kier molecular flexibility index (Phi) is 2.55. The lowest BCUT2D eigenvalue weighted by atomic mass is 9.83. The first-order valence-electron chi connectivity index (χ1n) is 5.75. The molecule has 2 nitrogen and oxygen atoms in total. The minimum absolute atomic E-state index is 0.0246. The molecule has 1 aromatic carbocycles. The van der Waals surface area contributed by atoms with E-state index in [1.807, 2.05) is 0 Å². The van der Waals surface area contributed by atoms with Crippen LogP contribution >= 0.6 is 0 Å². The number of rotatable bonds is 2. The monoisotopic (exact) mass is 216 g/mol. The SMILES string of the molecule is Cc1ccc(C)c2c(C(C)(C)CN)c[nH]c12. The first-order chi connectivity index (χ1) is 7.47. The normalized spacial score (nSPS) is 12.3. The molecule has 0 saturated heterocycles. The van der Waals surface area contributed by atoms with Gasteiger partial charge in [-0.25, -0.2) is 0 Å². The van der Waals surface area contributed by atoms with E-state index in [-0.39, 0.29) is 5.41 Å². The van der Waals surface area contributed by atoms with Crippen LogP contribution in [0.4, 0.5) is 0 Å². The third-order valence-corrected chi connectivity index (χ3v) is 3.49. The van der Waals surface area contributed by atoms with Crippen molar-refractivity contribution in [3.63, 3.8) is 0 Å². The van der Waals surface area contributed by atoms with Crippen LogP contribution in [0.25, 0.3) is 10.9 Å². The zero-order chi connectivity index (χ0) is 11.9. The van der Waals surface area contributed by atoms with Crippen molar-refractivity contribution in [2.75, 3.05) is 6.54 Å². The molecule has 0 amide bonds. The topological polar surface area (TPSA) is 41.8 Å². The molecule has 0 aliphatic heterocycles. The number of fused-ring (bicyclic) bond motifs is 1. The second-order valence-electron chi connectivity index (χ2n) is 5.24. The molecule has 16 heavy (non-hydrogen) atoms. The van der Waals surface area contributed by atoms with Gasteiger partial charge in [-0.1, -0.05) is 26.0 Å². The van der Waals surface area contributed by atoms with Crippen molar-refractivity contribution >= 4 is 10.9 Å². The maximum atomic E-state index is 5.86. The molecule has 0 unspecified atom stereocenters. The summed E-state index contributed by atoms with van der Waals surface area (Å²) < 4.78 is 0. The van der Waals surface area contributed by atoms with Crippen LogP contribution in [-0.2, 0) is 5.41 Å². The number of hydrogen-bond donors (Lipinski definition) is 2. The van der Waals surface area contributed by atoms with Gasteiger partial charge in [0.25, 0.3) is 0 Å². The quantitative estimate of drug-likeness (QED) is 0.796. The Morgan fingerprint density at radius 2 is 1.81 bits per heavy atom. The van der Waals surface area contributed by atoms with Crippen LogP contribution in [0.2, 0.25) is 0 Å². The summed E-state index contributed by atoms with van der Waals surface area (Å²) in [5.74, 6) is 0. The standard InChI is InChI=1S/C14H20N2/c1-9-5-6-10(2)13-12(9)11(7-16-13)14(3,4)8-15/h5-7,16H,8,15H2,1-4H3. The highest BCUT2D eigenvalue weighted by Crippen LogP contribution is 2.32. The van der Waals surface area contributed by atoms with E-state index < -0.39 is 0 Å².